The van der Waals surface area contributed by atoms with Gasteiger partial charge < -0.3 is 9.80 Å². The monoisotopic (exact) mass is 836 g/mol. The highest BCUT2D eigenvalue weighted by Crippen LogP contribution is 2.55. The number of benzene rings is 7. The number of fused-ring (bicyclic) bond motifs is 9. The molecule has 4 heteroatoms. The van der Waals surface area contributed by atoms with Gasteiger partial charge in [0, 0.05) is 54.3 Å². The summed E-state index contributed by atoms with van der Waals surface area (Å²) in [5.41, 5.74) is 23.3. The summed E-state index contributed by atoms with van der Waals surface area (Å²) in [6, 6.07) is 49.8. The SMILES string of the molecule is Cc1ccccc1N1c2cc3c(cc2B2c4cc5c(cc4N(c4cc6c(cc4C)C(C)(C)CCC6(C)C)c4cc(-c6ccccc6)cc1c42)C(C)(C)CC5(C)C)sc1ccccc13. The quantitative estimate of drug-likeness (QED) is 0.164. The second-order valence-corrected chi connectivity index (χ2v) is 23.1. The number of thiophene rings is 1. The summed E-state index contributed by atoms with van der Waals surface area (Å²) in [7, 11) is 0. The highest BCUT2D eigenvalue weighted by Gasteiger charge is 2.49. The van der Waals surface area contributed by atoms with E-state index in [9.17, 15) is 0 Å². The van der Waals surface area contributed by atoms with Gasteiger partial charge in [-0.25, -0.2) is 0 Å². The van der Waals surface area contributed by atoms with Crippen molar-refractivity contribution in [3.05, 3.63) is 161 Å². The summed E-state index contributed by atoms with van der Waals surface area (Å²) in [5.74, 6) is 0. The van der Waals surface area contributed by atoms with Crippen molar-refractivity contribution in [2.75, 3.05) is 9.80 Å². The molecule has 2 nitrogen and oxygen atoms in total. The van der Waals surface area contributed by atoms with Crippen molar-refractivity contribution in [1.82, 2.24) is 0 Å². The highest BCUT2D eigenvalue weighted by atomic mass is 32.1. The van der Waals surface area contributed by atoms with Gasteiger partial charge in [-0.3, -0.25) is 0 Å². The summed E-state index contributed by atoms with van der Waals surface area (Å²) in [4.78, 5) is 5.36. The fourth-order valence-corrected chi connectivity index (χ4v) is 13.9. The molecule has 4 aliphatic rings. The molecule has 0 radical (unpaired) electrons. The Morgan fingerprint density at radius 1 is 0.429 bits per heavy atom. The van der Waals surface area contributed by atoms with Crippen LogP contribution in [0.15, 0.2) is 127 Å². The second kappa shape index (κ2) is 13.0. The van der Waals surface area contributed by atoms with Crippen LogP contribution >= 0.6 is 11.3 Å². The maximum Gasteiger partial charge on any atom is 0.252 e. The summed E-state index contributed by atoms with van der Waals surface area (Å²) in [5, 5.41) is 2.67. The normalized spacial score (nSPS) is 18.2. The van der Waals surface area contributed by atoms with Crippen LogP contribution < -0.4 is 26.2 Å². The summed E-state index contributed by atoms with van der Waals surface area (Å²) in [6.07, 6.45) is 3.50. The maximum absolute atomic E-state index is 2.73. The minimum atomic E-state index is 0.0362. The molecule has 12 rings (SSSR count). The predicted molar refractivity (Wildman–Crippen MR) is 274 cm³/mol. The topological polar surface area (TPSA) is 6.48 Å². The smallest absolute Gasteiger partial charge is 0.252 e. The molecule has 0 amide bonds. The summed E-state index contributed by atoms with van der Waals surface area (Å²) >= 11 is 1.93. The van der Waals surface area contributed by atoms with Crippen LogP contribution in [0.25, 0.3) is 31.3 Å². The number of aryl methyl sites for hydroxylation is 2. The van der Waals surface area contributed by atoms with Crippen molar-refractivity contribution in [2.45, 2.75) is 110 Å². The van der Waals surface area contributed by atoms with Gasteiger partial charge in [-0.1, -0.05) is 134 Å². The van der Waals surface area contributed by atoms with E-state index in [1.807, 2.05) is 11.3 Å². The van der Waals surface area contributed by atoms with E-state index in [0.29, 0.717) is 0 Å². The van der Waals surface area contributed by atoms with E-state index >= 15 is 0 Å². The van der Waals surface area contributed by atoms with E-state index in [4.69, 9.17) is 0 Å². The van der Waals surface area contributed by atoms with Crippen molar-refractivity contribution in [3.63, 3.8) is 0 Å². The van der Waals surface area contributed by atoms with Crippen molar-refractivity contribution >= 4 is 88.7 Å². The summed E-state index contributed by atoms with van der Waals surface area (Å²) in [6.45, 7) is 24.5. The lowest BCUT2D eigenvalue weighted by atomic mass is 9.33. The Morgan fingerprint density at radius 3 is 1.70 bits per heavy atom. The lowest BCUT2D eigenvalue weighted by molar-refractivity contribution is 0.332. The molecule has 0 saturated heterocycles. The largest absolute Gasteiger partial charge is 0.311 e. The van der Waals surface area contributed by atoms with E-state index in [2.05, 4.69) is 206 Å². The molecular weight excluding hydrogens is 780 g/mol. The van der Waals surface area contributed by atoms with E-state index < -0.39 is 0 Å². The molecule has 2 aliphatic carbocycles. The van der Waals surface area contributed by atoms with E-state index in [1.54, 1.807) is 0 Å². The van der Waals surface area contributed by atoms with Gasteiger partial charge in [0.1, 0.15) is 0 Å². The van der Waals surface area contributed by atoms with Gasteiger partial charge in [0.15, 0.2) is 0 Å². The molecule has 1 aromatic heterocycles. The molecule has 0 atom stereocenters. The Balaban J connectivity index is 1.26. The average molecular weight is 837 g/mol. The Labute approximate surface area is 378 Å². The molecule has 0 unspecified atom stereocenters. The fraction of sp³-hybridized carbons (Fsp3) is 0.288. The Morgan fingerprint density at radius 2 is 0.984 bits per heavy atom. The molecule has 312 valence electrons. The highest BCUT2D eigenvalue weighted by molar-refractivity contribution is 7.26. The molecule has 3 heterocycles. The number of para-hydroxylation sites is 1. The van der Waals surface area contributed by atoms with Crippen molar-refractivity contribution in [3.8, 4) is 11.1 Å². The van der Waals surface area contributed by atoms with Gasteiger partial charge in [-0.15, -0.1) is 11.3 Å². The zero-order chi connectivity index (χ0) is 43.5. The number of rotatable bonds is 3. The van der Waals surface area contributed by atoms with Crippen LogP contribution in [0.5, 0.6) is 0 Å². The molecule has 63 heavy (non-hydrogen) atoms. The third kappa shape index (κ3) is 5.56. The maximum atomic E-state index is 2.73. The van der Waals surface area contributed by atoms with Gasteiger partial charge in [0.05, 0.1) is 0 Å². The van der Waals surface area contributed by atoms with Gasteiger partial charge in [-0.2, -0.15) is 0 Å². The van der Waals surface area contributed by atoms with Gasteiger partial charge in [0.25, 0.3) is 6.71 Å². The van der Waals surface area contributed by atoms with Crippen LogP contribution in [-0.4, -0.2) is 6.71 Å². The zero-order valence-corrected chi connectivity index (χ0v) is 39.4. The first-order chi connectivity index (χ1) is 30.0. The van der Waals surface area contributed by atoms with Crippen LogP contribution in [-0.2, 0) is 21.7 Å². The van der Waals surface area contributed by atoms with Crippen molar-refractivity contribution < 1.29 is 0 Å². The van der Waals surface area contributed by atoms with E-state index in [-0.39, 0.29) is 28.4 Å². The van der Waals surface area contributed by atoms with Gasteiger partial charge in [-0.05, 0) is 164 Å². The molecule has 7 aromatic carbocycles. The Bertz CT molecular complexity index is 3260. The van der Waals surface area contributed by atoms with E-state index in [0.717, 1.165) is 6.42 Å². The van der Waals surface area contributed by atoms with Crippen molar-refractivity contribution in [2.24, 2.45) is 0 Å². The van der Waals surface area contributed by atoms with Crippen molar-refractivity contribution in [1.29, 1.82) is 0 Å². The molecule has 0 N–H and O–H groups in total. The van der Waals surface area contributed by atoms with Crippen LogP contribution in [0.2, 0.25) is 0 Å². The molecule has 8 aromatic rings. The third-order valence-corrected chi connectivity index (χ3v) is 17.1. The number of anilines is 6. The van der Waals surface area contributed by atoms with Crippen LogP contribution in [0.1, 0.15) is 108 Å². The number of hydrogen-bond acceptors (Lipinski definition) is 3. The van der Waals surface area contributed by atoms with E-state index in [1.165, 1.54) is 128 Å². The molecule has 2 aliphatic heterocycles. The standard InChI is InChI=1S/C59H57BN2S/c1-35-18-14-16-22-47(35)61-49-29-40-39-21-15-17-23-53(39)63-54(40)33-46(49)60-45-30-42-44(59(9,10)34-58(42,7)8)32-50(45)62(52-28-38(27-51(61)55(52)60)37-19-12-11-13-20-37)48-31-43-41(26-36(48)2)56(3,4)24-25-57(43,5)6/h11-23,26-33H,24-25,34H2,1-10H3. The molecule has 0 bridgehead atoms. The number of hydrogen-bond donors (Lipinski definition) is 0. The first kappa shape index (κ1) is 39.0. The van der Waals surface area contributed by atoms with Crippen LogP contribution in [0.4, 0.5) is 34.1 Å². The Hall–Kier alpha value is -5.58. The van der Waals surface area contributed by atoms with Gasteiger partial charge >= 0.3 is 0 Å². The lowest BCUT2D eigenvalue weighted by Gasteiger charge is -2.47. The molecule has 0 fully saturated rings. The lowest BCUT2D eigenvalue weighted by Crippen LogP contribution is -2.61. The minimum Gasteiger partial charge on any atom is -0.311 e. The number of nitrogens with zero attached hydrogens (tertiary/aromatic N) is 2. The first-order valence-electron chi connectivity index (χ1n) is 23.2. The second-order valence-electron chi connectivity index (χ2n) is 22.0. The zero-order valence-electron chi connectivity index (χ0n) is 38.6. The fourth-order valence-electron chi connectivity index (χ4n) is 12.8. The molecular formula is C59H57BN2S. The summed E-state index contributed by atoms with van der Waals surface area (Å²) < 4.78 is 2.69. The minimum absolute atomic E-state index is 0.0362. The van der Waals surface area contributed by atoms with Gasteiger partial charge in [0.2, 0.25) is 0 Å². The average Bonchev–Trinajstić information content (AvgIpc) is 3.70. The molecule has 0 saturated carbocycles. The Kier molecular flexibility index (Phi) is 8.06. The third-order valence-electron chi connectivity index (χ3n) is 15.9. The molecule has 0 spiro atoms. The van der Waals surface area contributed by atoms with Crippen LogP contribution in [0, 0.1) is 13.8 Å². The first-order valence-corrected chi connectivity index (χ1v) is 24.0. The predicted octanol–water partition coefficient (Wildman–Crippen LogP) is 14.7. The van der Waals surface area contributed by atoms with Crippen LogP contribution in [0.3, 0.4) is 0 Å².